The zero-order valence-electron chi connectivity index (χ0n) is 9.44. The Bertz CT molecular complexity index is 235. The van der Waals surface area contributed by atoms with Crippen LogP contribution in [0.2, 0.25) is 0 Å². The number of rotatable bonds is 5. The molecule has 5 N–H and O–H groups in total. The van der Waals surface area contributed by atoms with Crippen LogP contribution < -0.4 is 10.6 Å². The quantitative estimate of drug-likeness (QED) is 0.371. The van der Waals surface area contributed by atoms with E-state index in [4.69, 9.17) is 15.3 Å². The van der Waals surface area contributed by atoms with Crippen molar-refractivity contribution in [3.8, 4) is 0 Å². The summed E-state index contributed by atoms with van der Waals surface area (Å²) in [5, 5.41) is 32.9. The Morgan fingerprint density at radius 3 is 2.31 bits per heavy atom. The average molecular weight is 232 g/mol. The first-order valence-electron chi connectivity index (χ1n) is 5.46. The van der Waals surface area contributed by atoms with Crippen molar-refractivity contribution in [1.29, 1.82) is 0 Å². The number of carbonyl (C=O) groups is 1. The van der Waals surface area contributed by atoms with E-state index in [9.17, 15) is 4.79 Å². The minimum absolute atomic E-state index is 0.0776. The van der Waals surface area contributed by atoms with Gasteiger partial charge in [-0.2, -0.15) is 0 Å². The Kier molecular flexibility index (Phi) is 4.67. The van der Waals surface area contributed by atoms with Gasteiger partial charge in [-0.1, -0.05) is 0 Å². The van der Waals surface area contributed by atoms with Crippen LogP contribution in [0.25, 0.3) is 0 Å². The van der Waals surface area contributed by atoms with E-state index in [0.717, 1.165) is 13.0 Å². The van der Waals surface area contributed by atoms with Gasteiger partial charge in [0.05, 0.1) is 25.7 Å². The van der Waals surface area contributed by atoms with Crippen LogP contribution in [0.4, 0.5) is 0 Å². The van der Waals surface area contributed by atoms with Crippen molar-refractivity contribution in [2.45, 2.75) is 24.9 Å². The summed E-state index contributed by atoms with van der Waals surface area (Å²) < 4.78 is 0. The third-order valence-electron chi connectivity index (χ3n) is 3.16. The zero-order chi connectivity index (χ0) is 12.2. The predicted octanol–water partition coefficient (Wildman–Crippen LogP) is -2.18. The number of hydrogen-bond donors (Lipinski definition) is 5. The van der Waals surface area contributed by atoms with Gasteiger partial charge in [-0.05, 0) is 19.9 Å². The van der Waals surface area contributed by atoms with Gasteiger partial charge in [-0.25, -0.2) is 0 Å². The number of hydrogen-bond acceptors (Lipinski definition) is 5. The lowest BCUT2D eigenvalue weighted by Gasteiger charge is -2.30. The highest BCUT2D eigenvalue weighted by Crippen LogP contribution is 2.16. The maximum Gasteiger partial charge on any atom is 0.225 e. The first kappa shape index (κ1) is 13.4. The molecule has 0 aromatic carbocycles. The summed E-state index contributed by atoms with van der Waals surface area (Å²) in [4.78, 5) is 11.9. The molecular weight excluding hydrogens is 212 g/mol. The van der Waals surface area contributed by atoms with E-state index in [-0.39, 0.29) is 17.9 Å². The smallest absolute Gasteiger partial charge is 0.225 e. The molecule has 0 aromatic heterocycles. The summed E-state index contributed by atoms with van der Waals surface area (Å²) in [7, 11) is 0. The van der Waals surface area contributed by atoms with Crippen molar-refractivity contribution < 1.29 is 20.1 Å². The van der Waals surface area contributed by atoms with Crippen LogP contribution >= 0.6 is 0 Å². The normalized spacial score (nSPS) is 25.8. The molecule has 1 rings (SSSR count). The standard InChI is InChI=1S/C10H20N2O4/c1-7-8(2-3-11-7)9(16)12-10(4-13,5-14)6-15/h7-8,11,13-15H,2-6H2,1H3,(H,12,16). The van der Waals surface area contributed by atoms with Crippen LogP contribution in [0.15, 0.2) is 0 Å². The Balaban J connectivity index is 2.61. The van der Waals surface area contributed by atoms with Gasteiger partial charge in [0.1, 0.15) is 5.54 Å². The average Bonchev–Trinajstić information content (AvgIpc) is 2.72. The summed E-state index contributed by atoms with van der Waals surface area (Å²) in [6.07, 6.45) is 0.728. The SMILES string of the molecule is CC1NCCC1C(=O)NC(CO)(CO)CO. The van der Waals surface area contributed by atoms with Gasteiger partial charge in [0.15, 0.2) is 0 Å². The van der Waals surface area contributed by atoms with Gasteiger partial charge in [0.2, 0.25) is 5.91 Å². The lowest BCUT2D eigenvalue weighted by Crippen LogP contribution is -2.58. The molecule has 0 aliphatic carbocycles. The van der Waals surface area contributed by atoms with Crippen molar-refractivity contribution in [2.75, 3.05) is 26.4 Å². The topological polar surface area (TPSA) is 102 Å². The number of aliphatic hydroxyl groups excluding tert-OH is 3. The highest BCUT2D eigenvalue weighted by molar-refractivity contribution is 5.80. The largest absolute Gasteiger partial charge is 0.394 e. The molecule has 2 unspecified atom stereocenters. The molecule has 1 saturated heterocycles. The van der Waals surface area contributed by atoms with E-state index in [1.54, 1.807) is 0 Å². The molecule has 0 spiro atoms. The van der Waals surface area contributed by atoms with E-state index >= 15 is 0 Å². The molecule has 1 amide bonds. The fraction of sp³-hybridized carbons (Fsp3) is 0.900. The second-order valence-corrected chi connectivity index (χ2v) is 4.38. The molecule has 6 heteroatoms. The summed E-state index contributed by atoms with van der Waals surface area (Å²) in [5.74, 6) is -0.418. The lowest BCUT2D eigenvalue weighted by molar-refractivity contribution is -0.129. The van der Waals surface area contributed by atoms with Crippen LogP contribution in [0.5, 0.6) is 0 Å². The van der Waals surface area contributed by atoms with E-state index in [1.165, 1.54) is 0 Å². The van der Waals surface area contributed by atoms with Crippen molar-refractivity contribution >= 4 is 5.91 Å². The predicted molar refractivity (Wildman–Crippen MR) is 57.7 cm³/mol. The maximum atomic E-state index is 11.9. The number of carbonyl (C=O) groups excluding carboxylic acids is 1. The number of aliphatic hydroxyl groups is 3. The molecule has 16 heavy (non-hydrogen) atoms. The molecule has 1 heterocycles. The Labute approximate surface area is 94.7 Å². The van der Waals surface area contributed by atoms with Gasteiger partial charge < -0.3 is 26.0 Å². The van der Waals surface area contributed by atoms with Gasteiger partial charge in [0.25, 0.3) is 0 Å². The molecule has 1 aliphatic heterocycles. The van der Waals surface area contributed by atoms with Crippen LogP contribution in [0, 0.1) is 5.92 Å². The second kappa shape index (κ2) is 5.58. The van der Waals surface area contributed by atoms with Crippen molar-refractivity contribution in [3.05, 3.63) is 0 Å². The Hall–Kier alpha value is -0.690. The van der Waals surface area contributed by atoms with Crippen LogP contribution in [0.3, 0.4) is 0 Å². The zero-order valence-corrected chi connectivity index (χ0v) is 9.44. The van der Waals surface area contributed by atoms with Crippen LogP contribution in [-0.4, -0.2) is 59.2 Å². The number of amides is 1. The molecule has 0 bridgehead atoms. The summed E-state index contributed by atoms with van der Waals surface area (Å²) in [6, 6.07) is 0.0776. The van der Waals surface area contributed by atoms with Gasteiger partial charge in [-0.15, -0.1) is 0 Å². The minimum Gasteiger partial charge on any atom is -0.394 e. The molecule has 1 fully saturated rings. The molecule has 0 saturated carbocycles. The molecule has 0 aromatic rings. The number of nitrogens with one attached hydrogen (secondary N) is 2. The van der Waals surface area contributed by atoms with E-state index < -0.39 is 25.4 Å². The fourth-order valence-electron chi connectivity index (χ4n) is 1.84. The lowest BCUT2D eigenvalue weighted by atomic mass is 9.97. The van der Waals surface area contributed by atoms with Gasteiger partial charge in [-0.3, -0.25) is 4.79 Å². The molecule has 94 valence electrons. The second-order valence-electron chi connectivity index (χ2n) is 4.38. The van der Waals surface area contributed by atoms with Crippen molar-refractivity contribution in [2.24, 2.45) is 5.92 Å². The summed E-state index contributed by atoms with van der Waals surface area (Å²) in [5.41, 5.74) is -1.32. The van der Waals surface area contributed by atoms with E-state index in [1.807, 2.05) is 6.92 Å². The molecule has 1 aliphatic rings. The third-order valence-corrected chi connectivity index (χ3v) is 3.16. The first-order chi connectivity index (χ1) is 7.58. The Morgan fingerprint density at radius 1 is 1.38 bits per heavy atom. The molecule has 0 radical (unpaired) electrons. The monoisotopic (exact) mass is 232 g/mol. The highest BCUT2D eigenvalue weighted by Gasteiger charge is 2.36. The summed E-state index contributed by atoms with van der Waals surface area (Å²) >= 11 is 0. The third kappa shape index (κ3) is 2.70. The van der Waals surface area contributed by atoms with Gasteiger partial charge in [0, 0.05) is 6.04 Å². The highest BCUT2D eigenvalue weighted by atomic mass is 16.3. The van der Waals surface area contributed by atoms with Gasteiger partial charge >= 0.3 is 0 Å². The van der Waals surface area contributed by atoms with E-state index in [0.29, 0.717) is 0 Å². The van der Waals surface area contributed by atoms with Crippen molar-refractivity contribution in [1.82, 2.24) is 10.6 Å². The minimum atomic E-state index is -1.32. The van der Waals surface area contributed by atoms with Crippen LogP contribution in [-0.2, 0) is 4.79 Å². The van der Waals surface area contributed by atoms with Crippen molar-refractivity contribution in [3.63, 3.8) is 0 Å². The first-order valence-corrected chi connectivity index (χ1v) is 5.46. The molecule has 6 nitrogen and oxygen atoms in total. The maximum absolute atomic E-state index is 11.9. The molecule has 2 atom stereocenters. The Morgan fingerprint density at radius 2 is 1.94 bits per heavy atom. The van der Waals surface area contributed by atoms with Crippen LogP contribution in [0.1, 0.15) is 13.3 Å². The molecular formula is C10H20N2O4. The summed E-state index contributed by atoms with van der Waals surface area (Å²) in [6.45, 7) is 1.24. The van der Waals surface area contributed by atoms with E-state index in [2.05, 4.69) is 10.6 Å². The fourth-order valence-corrected chi connectivity index (χ4v) is 1.84.